The summed E-state index contributed by atoms with van der Waals surface area (Å²) in [6, 6.07) is 18.2. The molecular formula is C24H19N3O5. The number of nitro benzene ring substituents is 1. The number of imide groups is 1. The van der Waals surface area contributed by atoms with Gasteiger partial charge in [0.2, 0.25) is 5.91 Å². The fourth-order valence-electron chi connectivity index (χ4n) is 3.70. The molecule has 160 valence electrons. The monoisotopic (exact) mass is 429 g/mol. The van der Waals surface area contributed by atoms with Crippen LogP contribution in [0.25, 0.3) is 0 Å². The third-order valence-electron chi connectivity index (χ3n) is 5.42. The Morgan fingerprint density at radius 2 is 1.50 bits per heavy atom. The number of carbonyl (C=O) groups is 3. The summed E-state index contributed by atoms with van der Waals surface area (Å²) < 4.78 is 0. The number of nitrogens with one attached hydrogen (secondary N) is 1. The van der Waals surface area contributed by atoms with E-state index in [0.717, 1.165) is 10.5 Å². The molecule has 0 aliphatic carbocycles. The average molecular weight is 429 g/mol. The topological polar surface area (TPSA) is 110 Å². The summed E-state index contributed by atoms with van der Waals surface area (Å²) in [5, 5.41) is 13.8. The van der Waals surface area contributed by atoms with Gasteiger partial charge in [-0.25, -0.2) is 0 Å². The Bertz CT molecular complexity index is 1200. The second-order valence-corrected chi connectivity index (χ2v) is 7.47. The second-order valence-electron chi connectivity index (χ2n) is 7.47. The summed E-state index contributed by atoms with van der Waals surface area (Å²) >= 11 is 0. The van der Waals surface area contributed by atoms with Crippen LogP contribution in [-0.4, -0.2) is 33.6 Å². The zero-order chi connectivity index (χ0) is 22.8. The summed E-state index contributed by atoms with van der Waals surface area (Å²) in [6.07, 6.45) is 0.0151. The molecule has 0 radical (unpaired) electrons. The summed E-state index contributed by atoms with van der Waals surface area (Å²) in [4.78, 5) is 50.8. The largest absolute Gasteiger partial charge is 0.324 e. The first-order valence-corrected chi connectivity index (χ1v) is 9.93. The average Bonchev–Trinajstić information content (AvgIpc) is 3.04. The van der Waals surface area contributed by atoms with Crippen LogP contribution in [-0.2, 0) is 11.2 Å². The van der Waals surface area contributed by atoms with E-state index in [1.807, 2.05) is 19.1 Å². The van der Waals surface area contributed by atoms with Crippen LogP contribution in [0.5, 0.6) is 0 Å². The zero-order valence-corrected chi connectivity index (χ0v) is 17.1. The first-order chi connectivity index (χ1) is 15.4. The molecule has 1 N–H and O–H groups in total. The summed E-state index contributed by atoms with van der Waals surface area (Å²) in [5.41, 5.74) is 2.39. The maximum Gasteiger partial charge on any atom is 0.269 e. The molecule has 32 heavy (non-hydrogen) atoms. The van der Waals surface area contributed by atoms with Crippen molar-refractivity contribution in [3.05, 3.63) is 105 Å². The fraction of sp³-hybridized carbons (Fsp3) is 0.125. The van der Waals surface area contributed by atoms with Gasteiger partial charge in [-0.1, -0.05) is 42.5 Å². The molecule has 0 unspecified atom stereocenters. The van der Waals surface area contributed by atoms with Crippen LogP contribution >= 0.6 is 0 Å². The van der Waals surface area contributed by atoms with Crippen LogP contribution in [0.2, 0.25) is 0 Å². The molecule has 0 bridgehead atoms. The summed E-state index contributed by atoms with van der Waals surface area (Å²) in [7, 11) is 0. The second kappa shape index (κ2) is 8.43. The van der Waals surface area contributed by atoms with E-state index in [1.54, 1.807) is 36.4 Å². The predicted octanol–water partition coefficient (Wildman–Crippen LogP) is 3.75. The Morgan fingerprint density at radius 1 is 0.938 bits per heavy atom. The van der Waals surface area contributed by atoms with Crippen molar-refractivity contribution >= 4 is 29.1 Å². The van der Waals surface area contributed by atoms with Gasteiger partial charge in [0, 0.05) is 24.2 Å². The fourth-order valence-corrected chi connectivity index (χ4v) is 3.70. The molecular weight excluding hydrogens is 410 g/mol. The van der Waals surface area contributed by atoms with Crippen molar-refractivity contribution in [3.8, 4) is 0 Å². The van der Waals surface area contributed by atoms with E-state index in [-0.39, 0.29) is 23.2 Å². The SMILES string of the molecule is Cc1ccccc1NC(=O)[C@@H](Cc1ccc([N+](=O)[O-])cc1)N1C(=O)c2ccccc2C1=O. The molecule has 1 atom stereocenters. The van der Waals surface area contributed by atoms with Gasteiger partial charge >= 0.3 is 0 Å². The normalized spacial score (nSPS) is 13.6. The standard InChI is InChI=1S/C24H19N3O5/c1-15-6-2-5-9-20(15)25-22(28)21(14-16-10-12-17(13-11-16)27(31)32)26-23(29)18-7-3-4-8-19(18)24(26)30/h2-13,21H,14H2,1H3,(H,25,28)/t21-/m1/s1. The number of hydrogen-bond acceptors (Lipinski definition) is 5. The number of para-hydroxylation sites is 1. The number of aryl methyl sites for hydroxylation is 1. The van der Waals surface area contributed by atoms with E-state index in [1.165, 1.54) is 24.3 Å². The third-order valence-corrected chi connectivity index (χ3v) is 5.42. The van der Waals surface area contributed by atoms with Gasteiger partial charge in [0.25, 0.3) is 17.5 Å². The van der Waals surface area contributed by atoms with Gasteiger partial charge in [0.05, 0.1) is 16.1 Å². The van der Waals surface area contributed by atoms with E-state index < -0.39 is 28.7 Å². The van der Waals surface area contributed by atoms with Crippen molar-refractivity contribution in [2.75, 3.05) is 5.32 Å². The zero-order valence-electron chi connectivity index (χ0n) is 17.1. The number of benzene rings is 3. The molecule has 3 aromatic rings. The van der Waals surface area contributed by atoms with Crippen molar-refractivity contribution in [3.63, 3.8) is 0 Å². The number of hydrogen-bond donors (Lipinski definition) is 1. The van der Waals surface area contributed by atoms with Crippen molar-refractivity contribution in [2.24, 2.45) is 0 Å². The summed E-state index contributed by atoms with van der Waals surface area (Å²) in [5.74, 6) is -1.61. The van der Waals surface area contributed by atoms with Crippen LogP contribution in [0.3, 0.4) is 0 Å². The van der Waals surface area contributed by atoms with Gasteiger partial charge in [-0.05, 0) is 36.2 Å². The van der Waals surface area contributed by atoms with Crippen molar-refractivity contribution in [1.29, 1.82) is 0 Å². The number of nitro groups is 1. The van der Waals surface area contributed by atoms with Crippen molar-refractivity contribution in [1.82, 2.24) is 4.90 Å². The van der Waals surface area contributed by atoms with Gasteiger partial charge in [0.1, 0.15) is 6.04 Å². The van der Waals surface area contributed by atoms with E-state index in [9.17, 15) is 24.5 Å². The minimum absolute atomic E-state index is 0.0151. The Kier molecular flexibility index (Phi) is 5.51. The molecule has 3 aromatic carbocycles. The summed E-state index contributed by atoms with van der Waals surface area (Å²) in [6.45, 7) is 1.84. The maximum absolute atomic E-state index is 13.3. The maximum atomic E-state index is 13.3. The van der Waals surface area contributed by atoms with Crippen LogP contribution in [0.15, 0.2) is 72.8 Å². The number of anilines is 1. The number of rotatable bonds is 6. The molecule has 0 spiro atoms. The predicted molar refractivity (Wildman–Crippen MR) is 117 cm³/mol. The highest BCUT2D eigenvalue weighted by atomic mass is 16.6. The first-order valence-electron chi connectivity index (χ1n) is 9.93. The molecule has 8 nitrogen and oxygen atoms in total. The molecule has 0 fully saturated rings. The number of fused-ring (bicyclic) bond motifs is 1. The molecule has 0 saturated carbocycles. The number of nitrogens with zero attached hydrogens (tertiary/aromatic N) is 2. The van der Waals surface area contributed by atoms with Crippen LogP contribution in [0.1, 0.15) is 31.8 Å². The van der Waals surface area contributed by atoms with Crippen LogP contribution < -0.4 is 5.32 Å². The quantitative estimate of drug-likeness (QED) is 0.365. The minimum Gasteiger partial charge on any atom is -0.324 e. The molecule has 1 aliphatic rings. The lowest BCUT2D eigenvalue weighted by atomic mass is 10.0. The smallest absolute Gasteiger partial charge is 0.269 e. The minimum atomic E-state index is -1.14. The van der Waals surface area contributed by atoms with Gasteiger partial charge in [0.15, 0.2) is 0 Å². The highest BCUT2D eigenvalue weighted by molar-refractivity contribution is 6.23. The van der Waals surface area contributed by atoms with Gasteiger partial charge in [-0.15, -0.1) is 0 Å². The molecule has 1 heterocycles. The van der Waals surface area contributed by atoms with Crippen LogP contribution in [0, 0.1) is 17.0 Å². The van der Waals surface area contributed by atoms with Crippen LogP contribution in [0.4, 0.5) is 11.4 Å². The van der Waals surface area contributed by atoms with E-state index >= 15 is 0 Å². The lowest BCUT2D eigenvalue weighted by Gasteiger charge is -2.26. The van der Waals surface area contributed by atoms with E-state index in [2.05, 4.69) is 5.32 Å². The number of amides is 3. The Morgan fingerprint density at radius 3 is 2.06 bits per heavy atom. The highest BCUT2D eigenvalue weighted by Gasteiger charge is 2.42. The highest BCUT2D eigenvalue weighted by Crippen LogP contribution is 2.27. The molecule has 4 rings (SSSR count). The third kappa shape index (κ3) is 3.85. The number of carbonyl (C=O) groups excluding carboxylic acids is 3. The lowest BCUT2D eigenvalue weighted by Crippen LogP contribution is -2.48. The van der Waals surface area contributed by atoms with Crippen molar-refractivity contribution in [2.45, 2.75) is 19.4 Å². The molecule has 0 saturated heterocycles. The molecule has 3 amide bonds. The van der Waals surface area contributed by atoms with Gasteiger partial charge in [-0.2, -0.15) is 0 Å². The van der Waals surface area contributed by atoms with E-state index in [4.69, 9.17) is 0 Å². The van der Waals surface area contributed by atoms with Crippen molar-refractivity contribution < 1.29 is 19.3 Å². The molecule has 1 aliphatic heterocycles. The number of non-ortho nitro benzene ring substituents is 1. The van der Waals surface area contributed by atoms with E-state index in [0.29, 0.717) is 11.3 Å². The first kappa shape index (κ1) is 20.9. The Balaban J connectivity index is 1.69. The van der Waals surface area contributed by atoms with Gasteiger partial charge < -0.3 is 5.32 Å². The Labute approximate surface area is 183 Å². The van der Waals surface area contributed by atoms with Gasteiger partial charge in [-0.3, -0.25) is 29.4 Å². The lowest BCUT2D eigenvalue weighted by molar-refractivity contribution is -0.384. The molecule has 8 heteroatoms. The molecule has 0 aromatic heterocycles. The Hall–Kier alpha value is -4.33.